The van der Waals surface area contributed by atoms with Crippen LogP contribution in [-0.2, 0) is 6.54 Å². The van der Waals surface area contributed by atoms with Crippen LogP contribution in [0.15, 0.2) is 47.2 Å². The topological polar surface area (TPSA) is 80.0 Å². The molecule has 0 amide bonds. The summed E-state index contributed by atoms with van der Waals surface area (Å²) in [5.41, 5.74) is 1.61. The van der Waals surface area contributed by atoms with Gasteiger partial charge in [0.2, 0.25) is 5.95 Å². The SMILES string of the molecule is CCN(CCCN1CCN(c2ncccn2)CC1)Cc1cc(-c2cccc(OC)c2OC)no1. The van der Waals surface area contributed by atoms with E-state index in [1.165, 1.54) is 0 Å². The predicted molar refractivity (Wildman–Crippen MR) is 131 cm³/mol. The number of ether oxygens (including phenoxy) is 2. The summed E-state index contributed by atoms with van der Waals surface area (Å²) >= 11 is 0. The van der Waals surface area contributed by atoms with Crippen molar-refractivity contribution in [3.63, 3.8) is 0 Å². The Labute approximate surface area is 201 Å². The lowest BCUT2D eigenvalue weighted by atomic mass is 10.1. The van der Waals surface area contributed by atoms with Gasteiger partial charge in [-0.05, 0) is 44.3 Å². The number of piperazine rings is 1. The van der Waals surface area contributed by atoms with Gasteiger partial charge in [-0.1, -0.05) is 18.1 Å². The van der Waals surface area contributed by atoms with Crippen LogP contribution in [0.2, 0.25) is 0 Å². The molecule has 1 saturated heterocycles. The zero-order valence-electron chi connectivity index (χ0n) is 20.3. The van der Waals surface area contributed by atoms with Crippen molar-refractivity contribution >= 4 is 5.95 Å². The summed E-state index contributed by atoms with van der Waals surface area (Å²) in [6.07, 6.45) is 4.72. The van der Waals surface area contributed by atoms with Crippen molar-refractivity contribution in [2.45, 2.75) is 19.9 Å². The number of aromatic nitrogens is 3. The molecule has 9 nitrogen and oxygen atoms in total. The normalized spacial score (nSPS) is 14.5. The zero-order chi connectivity index (χ0) is 23.8. The highest BCUT2D eigenvalue weighted by molar-refractivity contribution is 5.71. The molecule has 0 atom stereocenters. The molecular formula is C25H34N6O3. The molecule has 0 radical (unpaired) electrons. The average Bonchev–Trinajstić information content (AvgIpc) is 3.36. The second kappa shape index (κ2) is 11.8. The van der Waals surface area contributed by atoms with Gasteiger partial charge >= 0.3 is 0 Å². The molecule has 3 aromatic rings. The summed E-state index contributed by atoms with van der Waals surface area (Å²) in [4.78, 5) is 15.9. The molecule has 0 unspecified atom stereocenters. The summed E-state index contributed by atoms with van der Waals surface area (Å²) < 4.78 is 16.6. The quantitative estimate of drug-likeness (QED) is 0.423. The minimum Gasteiger partial charge on any atom is -0.493 e. The van der Waals surface area contributed by atoms with E-state index < -0.39 is 0 Å². The number of anilines is 1. The molecule has 1 fully saturated rings. The van der Waals surface area contributed by atoms with E-state index in [1.54, 1.807) is 26.6 Å². The fraction of sp³-hybridized carbons (Fsp3) is 0.480. The van der Waals surface area contributed by atoms with E-state index in [4.69, 9.17) is 14.0 Å². The Kier molecular flexibility index (Phi) is 8.32. The molecular weight excluding hydrogens is 432 g/mol. The molecule has 0 saturated carbocycles. The van der Waals surface area contributed by atoms with Crippen molar-refractivity contribution in [3.05, 3.63) is 48.5 Å². The van der Waals surface area contributed by atoms with E-state index >= 15 is 0 Å². The smallest absolute Gasteiger partial charge is 0.225 e. The molecule has 1 aliphatic rings. The Morgan fingerprint density at radius 2 is 1.82 bits per heavy atom. The maximum absolute atomic E-state index is 5.66. The first-order chi connectivity index (χ1) is 16.7. The van der Waals surface area contributed by atoms with E-state index in [9.17, 15) is 0 Å². The highest BCUT2D eigenvalue weighted by Gasteiger charge is 2.19. The fourth-order valence-corrected chi connectivity index (χ4v) is 4.32. The van der Waals surface area contributed by atoms with Crippen molar-refractivity contribution < 1.29 is 14.0 Å². The number of hydrogen-bond acceptors (Lipinski definition) is 9. The van der Waals surface area contributed by atoms with Gasteiger partial charge in [-0.3, -0.25) is 9.80 Å². The van der Waals surface area contributed by atoms with E-state index in [0.29, 0.717) is 11.5 Å². The maximum Gasteiger partial charge on any atom is 0.225 e. The zero-order valence-corrected chi connectivity index (χ0v) is 20.3. The molecule has 182 valence electrons. The molecule has 2 aromatic heterocycles. The van der Waals surface area contributed by atoms with Crippen LogP contribution in [-0.4, -0.2) is 85.0 Å². The Bertz CT molecular complexity index is 1020. The van der Waals surface area contributed by atoms with E-state index in [2.05, 4.69) is 36.7 Å². The van der Waals surface area contributed by atoms with Gasteiger partial charge in [0.25, 0.3) is 0 Å². The van der Waals surface area contributed by atoms with E-state index in [0.717, 1.165) is 81.7 Å². The van der Waals surface area contributed by atoms with Crippen molar-refractivity contribution in [2.75, 3.05) is 64.9 Å². The lowest BCUT2D eigenvalue weighted by molar-refractivity contribution is 0.206. The number of nitrogens with zero attached hydrogens (tertiary/aromatic N) is 6. The first-order valence-electron chi connectivity index (χ1n) is 11.9. The van der Waals surface area contributed by atoms with Gasteiger partial charge in [-0.2, -0.15) is 0 Å². The van der Waals surface area contributed by atoms with Gasteiger partial charge in [-0.15, -0.1) is 0 Å². The maximum atomic E-state index is 5.66. The van der Waals surface area contributed by atoms with Crippen LogP contribution in [0.4, 0.5) is 5.95 Å². The van der Waals surface area contributed by atoms with Gasteiger partial charge in [-0.25, -0.2) is 9.97 Å². The number of benzene rings is 1. The Hall–Kier alpha value is -3.17. The summed E-state index contributed by atoms with van der Waals surface area (Å²) in [6.45, 7) is 9.98. The van der Waals surface area contributed by atoms with Crippen molar-refractivity contribution in [1.29, 1.82) is 0 Å². The molecule has 1 aliphatic heterocycles. The van der Waals surface area contributed by atoms with E-state index in [-0.39, 0.29) is 0 Å². The monoisotopic (exact) mass is 466 g/mol. The van der Waals surface area contributed by atoms with Crippen LogP contribution in [0, 0.1) is 0 Å². The highest BCUT2D eigenvalue weighted by Crippen LogP contribution is 2.37. The van der Waals surface area contributed by atoms with Crippen molar-refractivity contribution in [2.24, 2.45) is 0 Å². The molecule has 0 aliphatic carbocycles. The van der Waals surface area contributed by atoms with Crippen LogP contribution in [0.5, 0.6) is 11.5 Å². The standard InChI is InChI=1S/C25H34N6O3/c1-4-29(12-7-13-30-14-16-31(17-15-30)25-26-10-6-11-27-25)19-20-18-22(28-34-20)21-8-5-9-23(32-2)24(21)33-3/h5-6,8-11,18H,4,7,12-17,19H2,1-3H3. The van der Waals surface area contributed by atoms with Gasteiger partial charge in [0.05, 0.1) is 20.8 Å². The summed E-state index contributed by atoms with van der Waals surface area (Å²) in [5.74, 6) is 3.02. The first kappa shape index (κ1) is 24.0. The molecule has 0 spiro atoms. The predicted octanol–water partition coefficient (Wildman–Crippen LogP) is 3.18. The molecule has 0 N–H and O–H groups in total. The Balaban J connectivity index is 1.25. The summed E-state index contributed by atoms with van der Waals surface area (Å²) in [5, 5.41) is 4.28. The number of hydrogen-bond donors (Lipinski definition) is 0. The average molecular weight is 467 g/mol. The lowest BCUT2D eigenvalue weighted by Crippen LogP contribution is -2.47. The largest absolute Gasteiger partial charge is 0.493 e. The van der Waals surface area contributed by atoms with Gasteiger partial charge in [0.15, 0.2) is 17.3 Å². The third-order valence-corrected chi connectivity index (χ3v) is 6.22. The molecule has 0 bridgehead atoms. The minimum atomic E-state index is 0.663. The molecule has 3 heterocycles. The summed E-state index contributed by atoms with van der Waals surface area (Å²) in [6, 6.07) is 9.61. The third-order valence-electron chi connectivity index (χ3n) is 6.22. The highest BCUT2D eigenvalue weighted by atomic mass is 16.5. The van der Waals surface area contributed by atoms with Crippen molar-refractivity contribution in [1.82, 2.24) is 24.9 Å². The second-order valence-electron chi connectivity index (χ2n) is 8.32. The van der Waals surface area contributed by atoms with Crippen LogP contribution in [0.25, 0.3) is 11.3 Å². The van der Waals surface area contributed by atoms with Crippen LogP contribution >= 0.6 is 0 Å². The van der Waals surface area contributed by atoms with Gasteiger partial charge < -0.3 is 18.9 Å². The minimum absolute atomic E-state index is 0.663. The third kappa shape index (κ3) is 5.84. The fourth-order valence-electron chi connectivity index (χ4n) is 4.32. The van der Waals surface area contributed by atoms with Crippen LogP contribution in [0.3, 0.4) is 0 Å². The van der Waals surface area contributed by atoms with E-state index in [1.807, 2.05) is 30.3 Å². The second-order valence-corrected chi connectivity index (χ2v) is 8.32. The Morgan fingerprint density at radius 1 is 1.03 bits per heavy atom. The molecule has 1 aromatic carbocycles. The summed E-state index contributed by atoms with van der Waals surface area (Å²) in [7, 11) is 3.27. The number of rotatable bonds is 11. The van der Waals surface area contributed by atoms with Crippen molar-refractivity contribution in [3.8, 4) is 22.8 Å². The molecule has 9 heteroatoms. The Morgan fingerprint density at radius 3 is 2.53 bits per heavy atom. The van der Waals surface area contributed by atoms with Gasteiger partial charge in [0.1, 0.15) is 5.69 Å². The first-order valence-corrected chi connectivity index (χ1v) is 11.9. The molecule has 4 rings (SSSR count). The number of methoxy groups -OCH3 is 2. The van der Waals surface area contributed by atoms with Gasteiger partial charge in [0, 0.05) is 50.2 Å². The van der Waals surface area contributed by atoms with Crippen LogP contribution in [0.1, 0.15) is 19.1 Å². The molecule has 34 heavy (non-hydrogen) atoms. The number of para-hydroxylation sites is 1. The lowest BCUT2D eigenvalue weighted by Gasteiger charge is -2.35. The van der Waals surface area contributed by atoms with Crippen LogP contribution < -0.4 is 14.4 Å².